The quantitative estimate of drug-likeness (QED) is 0.783. The highest BCUT2D eigenvalue weighted by Crippen LogP contribution is 2.18. The van der Waals surface area contributed by atoms with Crippen LogP contribution in [0.3, 0.4) is 0 Å². The van der Waals surface area contributed by atoms with E-state index in [2.05, 4.69) is 9.97 Å². The molecule has 0 spiro atoms. The van der Waals surface area contributed by atoms with Crippen molar-refractivity contribution in [2.75, 3.05) is 20.3 Å². The summed E-state index contributed by atoms with van der Waals surface area (Å²) in [5.74, 6) is 0. The lowest BCUT2D eigenvalue weighted by atomic mass is 10.3. The first-order valence-corrected chi connectivity index (χ1v) is 6.10. The lowest BCUT2D eigenvalue weighted by Crippen LogP contribution is -2.37. The van der Waals surface area contributed by atoms with Crippen molar-refractivity contribution in [2.45, 2.75) is 17.5 Å². The SMILES string of the molecule is CN(C1CCOC1)S(=O)(=O)c1cnc[nH]1. The van der Waals surface area contributed by atoms with Gasteiger partial charge in [-0.05, 0) is 6.42 Å². The number of aromatic amines is 1. The fourth-order valence-corrected chi connectivity index (χ4v) is 2.81. The normalized spacial score (nSPS) is 22.4. The van der Waals surface area contributed by atoms with Crippen LogP contribution in [-0.4, -0.2) is 49.0 Å². The lowest BCUT2D eigenvalue weighted by molar-refractivity contribution is 0.181. The summed E-state index contributed by atoms with van der Waals surface area (Å²) in [5, 5.41) is 0.122. The van der Waals surface area contributed by atoms with Crippen molar-refractivity contribution < 1.29 is 13.2 Å². The first-order valence-electron chi connectivity index (χ1n) is 4.66. The van der Waals surface area contributed by atoms with Gasteiger partial charge in [0, 0.05) is 13.7 Å². The van der Waals surface area contributed by atoms with Crippen molar-refractivity contribution in [3.63, 3.8) is 0 Å². The minimum Gasteiger partial charge on any atom is -0.380 e. The van der Waals surface area contributed by atoms with Gasteiger partial charge in [0.15, 0.2) is 5.03 Å². The van der Waals surface area contributed by atoms with Crippen LogP contribution in [0.1, 0.15) is 6.42 Å². The van der Waals surface area contributed by atoms with Gasteiger partial charge < -0.3 is 9.72 Å². The van der Waals surface area contributed by atoms with E-state index in [4.69, 9.17) is 4.74 Å². The Hall–Kier alpha value is -0.920. The van der Waals surface area contributed by atoms with E-state index in [1.807, 2.05) is 0 Å². The number of rotatable bonds is 3. The number of hydrogen-bond acceptors (Lipinski definition) is 4. The molecule has 1 aromatic rings. The second kappa shape index (κ2) is 3.92. The summed E-state index contributed by atoms with van der Waals surface area (Å²) >= 11 is 0. The van der Waals surface area contributed by atoms with Crippen LogP contribution < -0.4 is 0 Å². The van der Waals surface area contributed by atoms with Crippen LogP contribution in [0.4, 0.5) is 0 Å². The molecule has 1 aliphatic rings. The second-order valence-electron chi connectivity index (χ2n) is 3.45. The van der Waals surface area contributed by atoms with Gasteiger partial charge in [-0.3, -0.25) is 0 Å². The molecule has 0 aromatic carbocycles. The summed E-state index contributed by atoms with van der Waals surface area (Å²) in [6, 6.07) is -0.0710. The number of aromatic nitrogens is 2. The number of imidazole rings is 1. The molecule has 1 saturated heterocycles. The highest BCUT2D eigenvalue weighted by molar-refractivity contribution is 7.89. The number of nitrogens with one attached hydrogen (secondary N) is 1. The Bertz CT molecular complexity index is 408. The molecule has 0 amide bonds. The van der Waals surface area contributed by atoms with Gasteiger partial charge in [0.2, 0.25) is 0 Å². The number of H-pyrrole nitrogens is 1. The third kappa shape index (κ3) is 1.90. The van der Waals surface area contributed by atoms with E-state index in [-0.39, 0.29) is 11.1 Å². The van der Waals surface area contributed by atoms with Crippen LogP contribution in [-0.2, 0) is 14.8 Å². The molecule has 84 valence electrons. The maximum absolute atomic E-state index is 12.0. The Balaban J connectivity index is 2.22. The predicted octanol–water partition coefficient (Wildman–Crippen LogP) is -0.181. The van der Waals surface area contributed by atoms with Crippen LogP contribution in [0.2, 0.25) is 0 Å². The molecule has 1 aromatic heterocycles. The summed E-state index contributed by atoms with van der Waals surface area (Å²) in [6.45, 7) is 1.08. The zero-order valence-corrected chi connectivity index (χ0v) is 9.20. The van der Waals surface area contributed by atoms with E-state index >= 15 is 0 Å². The Morgan fingerprint density at radius 1 is 1.67 bits per heavy atom. The molecule has 0 radical (unpaired) electrons. The molecule has 1 unspecified atom stereocenters. The molecule has 1 fully saturated rings. The number of nitrogens with zero attached hydrogens (tertiary/aromatic N) is 2. The standard InChI is InChI=1S/C8H13N3O3S/c1-11(7-2-3-14-5-7)15(12,13)8-4-9-6-10-8/h4,6-7H,2-3,5H2,1H3,(H,9,10). The van der Waals surface area contributed by atoms with E-state index in [1.54, 1.807) is 7.05 Å². The van der Waals surface area contributed by atoms with Crippen molar-refractivity contribution in [1.82, 2.24) is 14.3 Å². The lowest BCUT2D eigenvalue weighted by Gasteiger charge is -2.21. The first-order chi connectivity index (χ1) is 7.12. The summed E-state index contributed by atoms with van der Waals surface area (Å²) in [7, 11) is -1.88. The average Bonchev–Trinajstić information content (AvgIpc) is 2.89. The molecule has 2 heterocycles. The second-order valence-corrected chi connectivity index (χ2v) is 5.42. The third-order valence-corrected chi connectivity index (χ3v) is 4.39. The Labute approximate surface area is 88.3 Å². The predicted molar refractivity (Wildman–Crippen MR) is 52.8 cm³/mol. The molecule has 6 nitrogen and oxygen atoms in total. The van der Waals surface area contributed by atoms with Gasteiger partial charge in [0.1, 0.15) is 0 Å². The number of ether oxygens (including phenoxy) is 1. The molecule has 2 rings (SSSR count). The van der Waals surface area contributed by atoms with Crippen LogP contribution >= 0.6 is 0 Å². The van der Waals surface area contributed by atoms with Crippen molar-refractivity contribution in [2.24, 2.45) is 0 Å². The van der Waals surface area contributed by atoms with Gasteiger partial charge in [0.05, 0.1) is 25.2 Å². The van der Waals surface area contributed by atoms with Gasteiger partial charge in [-0.25, -0.2) is 13.4 Å². The topological polar surface area (TPSA) is 75.3 Å². The van der Waals surface area contributed by atoms with E-state index < -0.39 is 10.0 Å². The molecule has 1 N–H and O–H groups in total. The fourth-order valence-electron chi connectivity index (χ4n) is 1.54. The Morgan fingerprint density at radius 2 is 2.47 bits per heavy atom. The first kappa shape index (κ1) is 10.6. The summed E-state index contributed by atoms with van der Waals surface area (Å²) in [4.78, 5) is 6.31. The molecular formula is C8H13N3O3S. The van der Waals surface area contributed by atoms with Crippen LogP contribution in [0.25, 0.3) is 0 Å². The fraction of sp³-hybridized carbons (Fsp3) is 0.625. The number of likely N-dealkylation sites (N-methyl/N-ethyl adjacent to an activating group) is 1. The maximum atomic E-state index is 12.0. The molecule has 1 atom stereocenters. The zero-order valence-electron chi connectivity index (χ0n) is 8.38. The molecule has 0 aliphatic carbocycles. The van der Waals surface area contributed by atoms with E-state index in [0.717, 1.165) is 6.42 Å². The van der Waals surface area contributed by atoms with Crippen molar-refractivity contribution in [1.29, 1.82) is 0 Å². The summed E-state index contributed by atoms with van der Waals surface area (Å²) < 4.78 is 30.5. The van der Waals surface area contributed by atoms with Crippen molar-refractivity contribution in [3.8, 4) is 0 Å². The van der Waals surface area contributed by atoms with Crippen LogP contribution in [0.5, 0.6) is 0 Å². The van der Waals surface area contributed by atoms with Crippen molar-refractivity contribution >= 4 is 10.0 Å². The summed E-state index contributed by atoms with van der Waals surface area (Å²) in [5.41, 5.74) is 0. The molecule has 7 heteroatoms. The third-order valence-electron chi connectivity index (χ3n) is 2.55. The van der Waals surface area contributed by atoms with Crippen molar-refractivity contribution in [3.05, 3.63) is 12.5 Å². The van der Waals surface area contributed by atoms with Gasteiger partial charge in [-0.1, -0.05) is 0 Å². The van der Waals surface area contributed by atoms with E-state index in [1.165, 1.54) is 16.8 Å². The highest BCUT2D eigenvalue weighted by atomic mass is 32.2. The Morgan fingerprint density at radius 3 is 3.00 bits per heavy atom. The summed E-state index contributed by atoms with van der Waals surface area (Å²) in [6.07, 6.45) is 3.40. The molecule has 0 bridgehead atoms. The van der Waals surface area contributed by atoms with E-state index in [0.29, 0.717) is 13.2 Å². The van der Waals surface area contributed by atoms with Gasteiger partial charge >= 0.3 is 0 Å². The van der Waals surface area contributed by atoms with Crippen LogP contribution in [0, 0.1) is 0 Å². The Kier molecular flexibility index (Phi) is 2.76. The molecule has 1 aliphatic heterocycles. The average molecular weight is 231 g/mol. The molecule has 15 heavy (non-hydrogen) atoms. The largest absolute Gasteiger partial charge is 0.380 e. The van der Waals surface area contributed by atoms with Gasteiger partial charge in [0.25, 0.3) is 10.0 Å². The minimum atomic E-state index is -3.44. The molecular weight excluding hydrogens is 218 g/mol. The highest BCUT2D eigenvalue weighted by Gasteiger charge is 2.31. The number of sulfonamides is 1. The molecule has 0 saturated carbocycles. The van der Waals surface area contributed by atoms with Gasteiger partial charge in [-0.15, -0.1) is 0 Å². The van der Waals surface area contributed by atoms with Crippen LogP contribution in [0.15, 0.2) is 17.6 Å². The maximum Gasteiger partial charge on any atom is 0.260 e. The number of hydrogen-bond donors (Lipinski definition) is 1. The van der Waals surface area contributed by atoms with E-state index in [9.17, 15) is 8.42 Å². The monoisotopic (exact) mass is 231 g/mol. The van der Waals surface area contributed by atoms with Gasteiger partial charge in [-0.2, -0.15) is 4.31 Å². The zero-order chi connectivity index (χ0) is 10.9. The minimum absolute atomic E-state index is 0.0710. The smallest absolute Gasteiger partial charge is 0.260 e.